The van der Waals surface area contributed by atoms with E-state index in [1.165, 1.54) is 7.11 Å². The average Bonchev–Trinajstić information content (AvgIpc) is 2.58. The highest BCUT2D eigenvalue weighted by Gasteiger charge is 2.27. The maximum absolute atomic E-state index is 12.7. The first-order chi connectivity index (χ1) is 11.9. The summed E-state index contributed by atoms with van der Waals surface area (Å²) in [7, 11) is 1.45. The summed E-state index contributed by atoms with van der Waals surface area (Å²) in [4.78, 5) is 16.8. The highest BCUT2D eigenvalue weighted by atomic mass is 16.6. The summed E-state index contributed by atoms with van der Waals surface area (Å²) in [5, 5.41) is 0. The van der Waals surface area contributed by atoms with Crippen molar-refractivity contribution in [1.29, 1.82) is 0 Å². The van der Waals surface area contributed by atoms with E-state index in [0.717, 1.165) is 5.56 Å². The largest absolute Gasteiger partial charge is 0.487 e. The number of pyridine rings is 1. The summed E-state index contributed by atoms with van der Waals surface area (Å²) in [5.74, 6) is -0.0496. The molecule has 2 rings (SSSR count). The van der Waals surface area contributed by atoms with Gasteiger partial charge >= 0.3 is 5.97 Å². The fraction of sp³-hybridized carbons (Fsp3) is 0.300. The molecule has 0 atom stereocenters. The number of ether oxygens (including phenoxy) is 3. The number of esters is 1. The smallest absolute Gasteiger partial charge is 0.348 e. The second kappa shape index (κ2) is 7.83. The van der Waals surface area contributed by atoms with Gasteiger partial charge in [-0.3, -0.25) is 0 Å². The minimum Gasteiger partial charge on any atom is -0.487 e. The lowest BCUT2D eigenvalue weighted by Gasteiger charge is -2.22. The molecule has 0 aliphatic rings. The zero-order valence-corrected chi connectivity index (χ0v) is 15.0. The van der Waals surface area contributed by atoms with Gasteiger partial charge in [0.25, 0.3) is 0 Å². The summed E-state index contributed by atoms with van der Waals surface area (Å²) in [6.07, 6.45) is 3.14. The molecule has 1 aromatic heterocycles. The molecule has 0 bridgehead atoms. The molecule has 5 nitrogen and oxygen atoms in total. The van der Waals surface area contributed by atoms with Crippen molar-refractivity contribution >= 4 is 12.0 Å². The highest BCUT2D eigenvalue weighted by molar-refractivity contribution is 5.96. The Kier molecular flexibility index (Phi) is 5.80. The Morgan fingerprint density at radius 1 is 1.24 bits per heavy atom. The van der Waals surface area contributed by atoms with Crippen LogP contribution in [0.15, 0.2) is 43.1 Å². The Labute approximate surface area is 148 Å². The van der Waals surface area contributed by atoms with Gasteiger partial charge in [0.15, 0.2) is 5.56 Å². The summed E-state index contributed by atoms with van der Waals surface area (Å²) < 4.78 is 16.7. The average molecular weight is 341 g/mol. The molecule has 1 aromatic carbocycles. The van der Waals surface area contributed by atoms with Crippen LogP contribution in [-0.4, -0.2) is 23.7 Å². The van der Waals surface area contributed by atoms with Crippen LogP contribution in [0.4, 0.5) is 0 Å². The Morgan fingerprint density at radius 2 is 1.92 bits per heavy atom. The minimum absolute atomic E-state index is 0.155. The molecule has 0 amide bonds. The number of carbonyl (C=O) groups is 1. The Balaban J connectivity index is 2.43. The van der Waals surface area contributed by atoms with Gasteiger partial charge in [0.1, 0.15) is 18.0 Å². The second-order valence-corrected chi connectivity index (χ2v) is 6.41. The molecule has 2 aromatic rings. The predicted molar refractivity (Wildman–Crippen MR) is 96.8 cm³/mol. The molecule has 132 valence electrons. The summed E-state index contributed by atoms with van der Waals surface area (Å²) in [6, 6.07) is 9.67. The van der Waals surface area contributed by atoms with Crippen LogP contribution in [-0.2, 0) is 11.3 Å². The second-order valence-electron chi connectivity index (χ2n) is 6.41. The molecule has 0 fully saturated rings. The number of hydrogen-bond donors (Lipinski definition) is 0. The van der Waals surface area contributed by atoms with Gasteiger partial charge in [-0.1, -0.05) is 43.0 Å². The van der Waals surface area contributed by atoms with Gasteiger partial charge in [0.05, 0.1) is 7.11 Å². The van der Waals surface area contributed by atoms with Crippen LogP contribution in [0.2, 0.25) is 0 Å². The lowest BCUT2D eigenvalue weighted by Crippen LogP contribution is -2.25. The lowest BCUT2D eigenvalue weighted by atomic mass is 10.1. The van der Waals surface area contributed by atoms with Crippen LogP contribution >= 0.6 is 0 Å². The standard InChI is InChI=1S/C20H23NO4/c1-6-15-12-21-18(23-5)16(19(22)25-20(2,3)4)17(15)24-13-14-10-8-7-9-11-14/h6-12H,1,13H2,2-5H3. The molecule has 0 radical (unpaired) electrons. The Bertz CT molecular complexity index is 748. The van der Waals surface area contributed by atoms with Crippen LogP contribution in [0.1, 0.15) is 42.3 Å². The molecule has 0 saturated heterocycles. The van der Waals surface area contributed by atoms with Crippen LogP contribution in [0.3, 0.4) is 0 Å². The monoisotopic (exact) mass is 341 g/mol. The molecule has 25 heavy (non-hydrogen) atoms. The van der Waals surface area contributed by atoms with Crippen molar-refractivity contribution in [2.45, 2.75) is 33.0 Å². The van der Waals surface area contributed by atoms with Gasteiger partial charge in [-0.25, -0.2) is 9.78 Å². The number of methoxy groups -OCH3 is 1. The normalized spacial score (nSPS) is 10.9. The molecular formula is C20H23NO4. The molecule has 0 aliphatic heterocycles. The molecule has 0 spiro atoms. The van der Waals surface area contributed by atoms with Crippen molar-refractivity contribution < 1.29 is 19.0 Å². The van der Waals surface area contributed by atoms with Gasteiger partial charge in [-0.05, 0) is 26.3 Å². The number of nitrogens with zero attached hydrogens (tertiary/aromatic N) is 1. The van der Waals surface area contributed by atoms with E-state index in [1.54, 1.807) is 33.0 Å². The van der Waals surface area contributed by atoms with Crippen LogP contribution in [0, 0.1) is 0 Å². The number of hydrogen-bond acceptors (Lipinski definition) is 5. The van der Waals surface area contributed by atoms with E-state index in [-0.39, 0.29) is 11.4 Å². The zero-order chi connectivity index (χ0) is 18.4. The third-order valence-electron chi connectivity index (χ3n) is 3.27. The van der Waals surface area contributed by atoms with E-state index in [4.69, 9.17) is 14.2 Å². The molecule has 0 aliphatic carbocycles. The number of carbonyl (C=O) groups excluding carboxylic acids is 1. The summed E-state index contributed by atoms with van der Waals surface area (Å²) >= 11 is 0. The van der Waals surface area contributed by atoms with Crippen LogP contribution < -0.4 is 9.47 Å². The van der Waals surface area contributed by atoms with Crippen molar-refractivity contribution in [2.24, 2.45) is 0 Å². The number of rotatable bonds is 6. The minimum atomic E-state index is -0.650. The van der Waals surface area contributed by atoms with Crippen molar-refractivity contribution in [3.8, 4) is 11.6 Å². The molecule has 0 saturated carbocycles. The summed E-state index contributed by atoms with van der Waals surface area (Å²) in [6.45, 7) is 9.46. The first-order valence-corrected chi connectivity index (χ1v) is 7.95. The Morgan fingerprint density at radius 3 is 2.48 bits per heavy atom. The zero-order valence-electron chi connectivity index (χ0n) is 15.0. The van der Waals surface area contributed by atoms with Crippen molar-refractivity contribution in [3.63, 3.8) is 0 Å². The first-order valence-electron chi connectivity index (χ1n) is 7.95. The van der Waals surface area contributed by atoms with Crippen LogP contribution in [0.25, 0.3) is 6.08 Å². The molecular weight excluding hydrogens is 318 g/mol. The van der Waals surface area contributed by atoms with Crippen molar-refractivity contribution in [2.75, 3.05) is 7.11 Å². The maximum atomic E-state index is 12.7. The quantitative estimate of drug-likeness (QED) is 0.735. The first kappa shape index (κ1) is 18.5. The topological polar surface area (TPSA) is 57.7 Å². The highest BCUT2D eigenvalue weighted by Crippen LogP contribution is 2.33. The molecule has 1 heterocycles. The van der Waals surface area contributed by atoms with Gasteiger partial charge in [0.2, 0.25) is 5.88 Å². The SMILES string of the molecule is C=Cc1cnc(OC)c(C(=O)OC(C)(C)C)c1OCc1ccccc1. The number of benzene rings is 1. The fourth-order valence-electron chi connectivity index (χ4n) is 2.19. The van der Waals surface area contributed by atoms with E-state index < -0.39 is 11.6 Å². The third-order valence-corrected chi connectivity index (χ3v) is 3.27. The van der Waals surface area contributed by atoms with Gasteiger partial charge in [0, 0.05) is 11.8 Å². The Hall–Kier alpha value is -2.82. The molecule has 0 unspecified atom stereocenters. The molecule has 0 N–H and O–H groups in total. The van der Waals surface area contributed by atoms with Gasteiger partial charge in [-0.2, -0.15) is 0 Å². The summed E-state index contributed by atoms with van der Waals surface area (Å²) in [5.41, 5.74) is 1.08. The van der Waals surface area contributed by atoms with E-state index >= 15 is 0 Å². The van der Waals surface area contributed by atoms with E-state index in [0.29, 0.717) is 17.9 Å². The predicted octanol–water partition coefficient (Wildman–Crippen LogP) is 4.27. The molecule has 5 heteroatoms. The van der Waals surface area contributed by atoms with E-state index in [2.05, 4.69) is 11.6 Å². The lowest BCUT2D eigenvalue weighted by molar-refractivity contribution is 0.00613. The van der Waals surface area contributed by atoms with Crippen molar-refractivity contribution in [3.05, 3.63) is 59.8 Å². The van der Waals surface area contributed by atoms with Crippen molar-refractivity contribution in [1.82, 2.24) is 4.98 Å². The van der Waals surface area contributed by atoms with Gasteiger partial charge in [-0.15, -0.1) is 0 Å². The van der Waals surface area contributed by atoms with E-state index in [9.17, 15) is 4.79 Å². The van der Waals surface area contributed by atoms with Crippen LogP contribution in [0.5, 0.6) is 11.6 Å². The van der Waals surface area contributed by atoms with E-state index in [1.807, 2.05) is 30.3 Å². The number of aromatic nitrogens is 1. The van der Waals surface area contributed by atoms with Gasteiger partial charge < -0.3 is 14.2 Å². The third kappa shape index (κ3) is 4.83. The maximum Gasteiger partial charge on any atom is 0.348 e. The fourth-order valence-corrected chi connectivity index (χ4v) is 2.19.